The van der Waals surface area contributed by atoms with E-state index in [1.165, 1.54) is 23.6 Å². The molecule has 14 heteroatoms. The second-order valence-corrected chi connectivity index (χ2v) is 16.4. The van der Waals surface area contributed by atoms with Crippen molar-refractivity contribution in [2.24, 2.45) is 0 Å². The molecule has 0 saturated carbocycles. The summed E-state index contributed by atoms with van der Waals surface area (Å²) in [6, 6.07) is 62.4. The van der Waals surface area contributed by atoms with Gasteiger partial charge in [-0.05, 0) is 100.0 Å². The first kappa shape index (κ1) is 49.1. The minimum Gasteiger partial charge on any atom is -0.423 e. The number of halogens is 3. The number of nitrogens with zero attached hydrogens (tertiary/aromatic N) is 6. The number of rotatable bonds is 6. The zero-order chi connectivity index (χ0) is 46.4. The lowest BCUT2D eigenvalue weighted by atomic mass is 9.81. The Morgan fingerprint density at radius 1 is 0.368 bits per heavy atom. The summed E-state index contributed by atoms with van der Waals surface area (Å²) in [6.45, 7) is 2.00. The van der Waals surface area contributed by atoms with Crippen molar-refractivity contribution in [1.29, 1.82) is 0 Å². The van der Waals surface area contributed by atoms with Gasteiger partial charge < -0.3 is 14.8 Å². The molecule has 333 valence electrons. The molecular formula is C54H42B2Cl3N6O3. The van der Waals surface area contributed by atoms with E-state index in [0.29, 0.717) is 44.6 Å². The van der Waals surface area contributed by atoms with Gasteiger partial charge in [-0.3, -0.25) is 0 Å². The lowest BCUT2D eigenvalue weighted by Crippen LogP contribution is -2.29. The molecule has 1 aliphatic heterocycles. The van der Waals surface area contributed by atoms with E-state index in [9.17, 15) is 0 Å². The van der Waals surface area contributed by atoms with Gasteiger partial charge in [0.1, 0.15) is 0 Å². The van der Waals surface area contributed by atoms with Crippen molar-refractivity contribution in [3.63, 3.8) is 0 Å². The van der Waals surface area contributed by atoms with Gasteiger partial charge in [-0.25, -0.2) is 19.9 Å². The van der Waals surface area contributed by atoms with E-state index in [4.69, 9.17) is 64.5 Å². The molecular weight excluding hydrogens is 909 g/mol. The van der Waals surface area contributed by atoms with Crippen LogP contribution in [0.15, 0.2) is 194 Å². The predicted molar refractivity (Wildman–Crippen MR) is 279 cm³/mol. The van der Waals surface area contributed by atoms with E-state index >= 15 is 0 Å². The minimum absolute atomic E-state index is 0. The molecule has 3 heterocycles. The van der Waals surface area contributed by atoms with Crippen LogP contribution >= 0.6 is 34.8 Å². The van der Waals surface area contributed by atoms with Gasteiger partial charge in [-0.2, -0.15) is 9.97 Å². The molecule has 0 unspecified atom stereocenters. The summed E-state index contributed by atoms with van der Waals surface area (Å²) in [6.07, 6.45) is 2.56. The highest BCUT2D eigenvalue weighted by atomic mass is 35.5. The molecule has 68 heavy (non-hydrogen) atoms. The van der Waals surface area contributed by atoms with E-state index < -0.39 is 7.12 Å². The number of aromatic nitrogens is 6. The fraction of sp³-hybridized carbons (Fsp3) is 0.0741. The smallest absolute Gasteiger partial charge is 0.423 e. The Kier molecular flexibility index (Phi) is 17.5. The normalized spacial score (nSPS) is 11.5. The fourth-order valence-corrected chi connectivity index (χ4v) is 7.36. The molecule has 1 saturated heterocycles. The lowest BCUT2D eigenvalue weighted by Gasteiger charge is -2.09. The Labute approximate surface area is 412 Å². The largest absolute Gasteiger partial charge is 0.488 e. The summed E-state index contributed by atoms with van der Waals surface area (Å²) in [5.74, 6) is 3.07. The molecule has 8 aromatic carbocycles. The summed E-state index contributed by atoms with van der Waals surface area (Å²) in [5.41, 5.74) is 5.09. The van der Waals surface area contributed by atoms with Crippen molar-refractivity contribution in [2.75, 3.05) is 13.2 Å². The molecule has 2 N–H and O–H groups in total. The van der Waals surface area contributed by atoms with Crippen LogP contribution in [0.4, 0.5) is 0 Å². The van der Waals surface area contributed by atoms with Crippen molar-refractivity contribution in [1.82, 2.24) is 29.9 Å². The lowest BCUT2D eigenvalue weighted by molar-refractivity contribution is 0.198. The SMILES string of the molecule is C1CCOC1.Clc1ccc(-c2nc(-c3ccccc3)nc(-c3ccc4ccccc4c3)n2)cc1.Clc1nc(-c2ccccc2)nc(-c2ccc3ccccc3c2)n1.OB(O)c1ccc(Cl)cc1.[B]. The third-order valence-electron chi connectivity index (χ3n) is 10.4. The van der Waals surface area contributed by atoms with Crippen LogP contribution in [0.3, 0.4) is 0 Å². The summed E-state index contributed by atoms with van der Waals surface area (Å²) in [7, 11) is -1.41. The van der Waals surface area contributed by atoms with Crippen molar-refractivity contribution in [3.8, 4) is 56.9 Å². The number of ether oxygens (including phenoxy) is 1. The molecule has 10 aromatic rings. The highest BCUT2D eigenvalue weighted by molar-refractivity contribution is 6.58. The van der Waals surface area contributed by atoms with Gasteiger partial charge in [0.25, 0.3) is 0 Å². The predicted octanol–water partition coefficient (Wildman–Crippen LogP) is 12.1. The molecule has 11 rings (SSSR count). The maximum absolute atomic E-state index is 8.63. The highest BCUT2D eigenvalue weighted by Crippen LogP contribution is 2.28. The zero-order valence-electron chi connectivity index (χ0n) is 36.6. The molecule has 3 radical (unpaired) electrons. The first-order valence-electron chi connectivity index (χ1n) is 21.5. The van der Waals surface area contributed by atoms with E-state index in [0.717, 1.165) is 51.8 Å². The Hall–Kier alpha value is -6.82. The molecule has 0 atom stereocenters. The zero-order valence-corrected chi connectivity index (χ0v) is 38.8. The third-order valence-corrected chi connectivity index (χ3v) is 11.1. The average molecular weight is 951 g/mol. The first-order valence-corrected chi connectivity index (χ1v) is 22.6. The average Bonchev–Trinajstić information content (AvgIpc) is 3.98. The van der Waals surface area contributed by atoms with Gasteiger partial charge in [0.05, 0.1) is 0 Å². The summed E-state index contributed by atoms with van der Waals surface area (Å²) in [5, 5.41) is 23.4. The minimum atomic E-state index is -1.41. The van der Waals surface area contributed by atoms with Crippen LogP contribution in [0.25, 0.3) is 78.5 Å². The van der Waals surface area contributed by atoms with Crippen molar-refractivity contribution >= 4 is 77.3 Å². The number of fused-ring (bicyclic) bond motifs is 2. The van der Waals surface area contributed by atoms with Crippen molar-refractivity contribution in [3.05, 3.63) is 209 Å². The standard InChI is InChI=1S/C25H16ClN3.C19H12ClN3.C6H6BClO2.C4H8O.B/c26-22-14-12-19(13-15-22)24-27-23(18-7-2-1-3-8-18)28-25(29-24)21-11-10-17-6-4-5-9-20(17)16-21;20-19-22-17(14-7-2-1-3-8-14)21-18(23-19)16-11-10-13-6-4-5-9-15(13)12-16;8-6-3-1-5(2-4-6)7(9)10;1-2-4-5-3-1;/h1-16H;1-12H;1-4,9-10H;1-4H2;. The third kappa shape index (κ3) is 13.4. The van der Waals surface area contributed by atoms with E-state index in [-0.39, 0.29) is 13.7 Å². The molecule has 0 bridgehead atoms. The second-order valence-electron chi connectivity index (χ2n) is 15.2. The Balaban J connectivity index is 0.000000155. The van der Waals surface area contributed by atoms with Crippen LogP contribution in [0.1, 0.15) is 12.8 Å². The van der Waals surface area contributed by atoms with Crippen LogP contribution in [-0.4, -0.2) is 68.7 Å². The van der Waals surface area contributed by atoms with Gasteiger partial charge in [-0.1, -0.05) is 169 Å². The first-order chi connectivity index (χ1) is 32.8. The van der Waals surface area contributed by atoms with Crippen LogP contribution in [0.5, 0.6) is 0 Å². The molecule has 1 aliphatic rings. The summed E-state index contributed by atoms with van der Waals surface area (Å²) in [4.78, 5) is 27.4. The molecule has 2 aromatic heterocycles. The second kappa shape index (κ2) is 24.3. The number of hydrogen-bond acceptors (Lipinski definition) is 9. The van der Waals surface area contributed by atoms with Crippen LogP contribution in [-0.2, 0) is 4.74 Å². The highest BCUT2D eigenvalue weighted by Gasteiger charge is 2.14. The van der Waals surface area contributed by atoms with Crippen molar-refractivity contribution in [2.45, 2.75) is 12.8 Å². The van der Waals surface area contributed by atoms with E-state index in [1.54, 1.807) is 24.3 Å². The van der Waals surface area contributed by atoms with E-state index in [1.807, 2.05) is 115 Å². The maximum Gasteiger partial charge on any atom is 0.488 e. The molecule has 9 nitrogen and oxygen atoms in total. The molecule has 0 aliphatic carbocycles. The topological polar surface area (TPSA) is 127 Å². The monoisotopic (exact) mass is 949 g/mol. The number of hydrogen-bond donors (Lipinski definition) is 2. The van der Waals surface area contributed by atoms with Crippen LogP contribution < -0.4 is 5.46 Å². The maximum atomic E-state index is 8.63. The summed E-state index contributed by atoms with van der Waals surface area (Å²) < 4.78 is 4.94. The Bertz CT molecular complexity index is 3180. The molecule has 1 fully saturated rings. The van der Waals surface area contributed by atoms with Gasteiger partial charge >= 0.3 is 7.12 Å². The Morgan fingerprint density at radius 2 is 0.706 bits per heavy atom. The van der Waals surface area contributed by atoms with Gasteiger partial charge in [0.15, 0.2) is 29.1 Å². The van der Waals surface area contributed by atoms with Gasteiger partial charge in [-0.15, -0.1) is 0 Å². The van der Waals surface area contributed by atoms with Crippen LogP contribution in [0.2, 0.25) is 15.3 Å². The van der Waals surface area contributed by atoms with E-state index in [2.05, 4.69) is 69.5 Å². The summed E-state index contributed by atoms with van der Waals surface area (Å²) >= 11 is 17.7. The van der Waals surface area contributed by atoms with Gasteiger partial charge in [0.2, 0.25) is 5.28 Å². The number of benzene rings is 8. The fourth-order valence-electron chi connectivity index (χ4n) is 6.95. The van der Waals surface area contributed by atoms with Crippen molar-refractivity contribution < 1.29 is 14.8 Å². The Morgan fingerprint density at radius 3 is 1.12 bits per heavy atom. The molecule has 0 spiro atoms. The van der Waals surface area contributed by atoms with Crippen LogP contribution in [0, 0.1) is 0 Å². The molecule has 0 amide bonds. The quantitative estimate of drug-likeness (QED) is 0.157. The van der Waals surface area contributed by atoms with Gasteiger partial charge in [0, 0.05) is 59.5 Å².